The Kier molecular flexibility index (Phi) is 3.24. The zero-order valence-electron chi connectivity index (χ0n) is 9.14. The first-order chi connectivity index (χ1) is 6.82. The Labute approximate surface area is 90.8 Å². The van der Waals surface area contributed by atoms with Crippen LogP contribution in [0.1, 0.15) is 13.8 Å². The number of hydrogen-bond acceptors (Lipinski definition) is 3. The Morgan fingerprint density at radius 2 is 1.67 bits per heavy atom. The van der Waals surface area contributed by atoms with E-state index in [1.807, 2.05) is 13.8 Å². The standard InChI is InChI=1S/C10H16N2O2S/c1-8(2)12(15(3,13)14)10-6-4-9(11)5-7-10/h4-8H,11H2,1-3H3. The Bertz CT molecular complexity index is 423. The summed E-state index contributed by atoms with van der Waals surface area (Å²) in [6, 6.07) is 6.68. The van der Waals surface area contributed by atoms with Gasteiger partial charge in [0.05, 0.1) is 11.9 Å². The van der Waals surface area contributed by atoms with Gasteiger partial charge in [0.2, 0.25) is 10.0 Å². The maximum atomic E-state index is 11.6. The Balaban J connectivity index is 3.17. The monoisotopic (exact) mass is 228 g/mol. The van der Waals surface area contributed by atoms with Crippen molar-refractivity contribution in [3.05, 3.63) is 24.3 Å². The van der Waals surface area contributed by atoms with Gasteiger partial charge in [-0.25, -0.2) is 8.42 Å². The van der Waals surface area contributed by atoms with Gasteiger partial charge in [-0.1, -0.05) is 0 Å². The number of sulfonamides is 1. The highest BCUT2D eigenvalue weighted by Crippen LogP contribution is 2.21. The first kappa shape index (κ1) is 11.8. The van der Waals surface area contributed by atoms with Gasteiger partial charge in [0, 0.05) is 11.7 Å². The zero-order chi connectivity index (χ0) is 11.6. The van der Waals surface area contributed by atoms with Gasteiger partial charge in [-0.05, 0) is 38.1 Å². The van der Waals surface area contributed by atoms with E-state index in [-0.39, 0.29) is 6.04 Å². The average Bonchev–Trinajstić information content (AvgIpc) is 2.05. The van der Waals surface area contributed by atoms with Crippen molar-refractivity contribution in [2.45, 2.75) is 19.9 Å². The second kappa shape index (κ2) is 4.10. The third-order valence-electron chi connectivity index (χ3n) is 1.97. The maximum absolute atomic E-state index is 11.6. The van der Waals surface area contributed by atoms with Gasteiger partial charge in [0.15, 0.2) is 0 Å². The highest BCUT2D eigenvalue weighted by Gasteiger charge is 2.20. The molecule has 15 heavy (non-hydrogen) atoms. The summed E-state index contributed by atoms with van der Waals surface area (Å²) in [5, 5.41) is 0. The van der Waals surface area contributed by atoms with E-state index in [1.165, 1.54) is 10.6 Å². The lowest BCUT2D eigenvalue weighted by Gasteiger charge is -2.26. The van der Waals surface area contributed by atoms with Gasteiger partial charge in [0.25, 0.3) is 0 Å². The first-order valence-corrected chi connectivity index (χ1v) is 6.52. The van der Waals surface area contributed by atoms with Crippen LogP contribution in [-0.4, -0.2) is 20.7 Å². The number of rotatable bonds is 3. The number of nitrogen functional groups attached to an aromatic ring is 1. The van der Waals surface area contributed by atoms with E-state index in [0.717, 1.165) is 0 Å². The van der Waals surface area contributed by atoms with E-state index in [2.05, 4.69) is 0 Å². The van der Waals surface area contributed by atoms with E-state index in [4.69, 9.17) is 5.73 Å². The molecule has 0 saturated heterocycles. The van der Waals surface area contributed by atoms with Gasteiger partial charge in [-0.15, -0.1) is 0 Å². The number of nitrogens with zero attached hydrogens (tertiary/aromatic N) is 1. The fourth-order valence-corrected chi connectivity index (χ4v) is 2.76. The Morgan fingerprint density at radius 3 is 2.00 bits per heavy atom. The molecule has 84 valence electrons. The molecule has 1 aromatic rings. The SMILES string of the molecule is CC(C)N(c1ccc(N)cc1)S(C)(=O)=O. The summed E-state index contributed by atoms with van der Waals surface area (Å²) in [6.45, 7) is 3.66. The fourth-order valence-electron chi connectivity index (χ4n) is 1.49. The number of anilines is 2. The molecule has 4 nitrogen and oxygen atoms in total. The molecule has 0 radical (unpaired) electrons. The molecule has 0 atom stereocenters. The molecule has 5 heteroatoms. The molecule has 0 aliphatic carbocycles. The van der Waals surface area contributed by atoms with Crippen molar-refractivity contribution >= 4 is 21.4 Å². The molecule has 0 bridgehead atoms. The molecule has 0 aliphatic rings. The number of nitrogens with two attached hydrogens (primary N) is 1. The minimum absolute atomic E-state index is 0.108. The molecule has 0 amide bonds. The quantitative estimate of drug-likeness (QED) is 0.796. The molecular weight excluding hydrogens is 212 g/mol. The molecular formula is C10H16N2O2S. The molecule has 1 aromatic carbocycles. The zero-order valence-corrected chi connectivity index (χ0v) is 9.95. The van der Waals surface area contributed by atoms with E-state index in [9.17, 15) is 8.42 Å². The third-order valence-corrected chi connectivity index (χ3v) is 3.32. The van der Waals surface area contributed by atoms with Crippen LogP contribution in [0.3, 0.4) is 0 Å². The van der Waals surface area contributed by atoms with Crippen LogP contribution in [0.5, 0.6) is 0 Å². The summed E-state index contributed by atoms with van der Waals surface area (Å²) >= 11 is 0. The van der Waals surface area contributed by atoms with E-state index in [1.54, 1.807) is 24.3 Å². The van der Waals surface area contributed by atoms with Crippen molar-refractivity contribution in [1.29, 1.82) is 0 Å². The molecule has 0 saturated carbocycles. The Morgan fingerprint density at radius 1 is 1.20 bits per heavy atom. The van der Waals surface area contributed by atoms with Gasteiger partial charge >= 0.3 is 0 Å². The molecule has 0 aliphatic heterocycles. The molecule has 0 spiro atoms. The summed E-state index contributed by atoms with van der Waals surface area (Å²) in [6.07, 6.45) is 1.20. The molecule has 0 fully saturated rings. The predicted molar refractivity (Wildman–Crippen MR) is 63.3 cm³/mol. The fraction of sp³-hybridized carbons (Fsp3) is 0.400. The smallest absolute Gasteiger partial charge is 0.232 e. The van der Waals surface area contributed by atoms with Crippen molar-refractivity contribution in [1.82, 2.24) is 0 Å². The summed E-state index contributed by atoms with van der Waals surface area (Å²) in [5.41, 5.74) is 6.81. The van der Waals surface area contributed by atoms with Crippen LogP contribution < -0.4 is 10.0 Å². The highest BCUT2D eigenvalue weighted by atomic mass is 32.2. The van der Waals surface area contributed by atoms with Crippen LogP contribution >= 0.6 is 0 Å². The van der Waals surface area contributed by atoms with Gasteiger partial charge in [-0.3, -0.25) is 4.31 Å². The normalized spacial score (nSPS) is 11.7. The van der Waals surface area contributed by atoms with Gasteiger partial charge in [-0.2, -0.15) is 0 Å². The molecule has 1 rings (SSSR count). The van der Waals surface area contributed by atoms with Gasteiger partial charge in [0.1, 0.15) is 0 Å². The van der Waals surface area contributed by atoms with Crippen molar-refractivity contribution in [2.75, 3.05) is 16.3 Å². The van der Waals surface area contributed by atoms with Crippen molar-refractivity contribution in [3.63, 3.8) is 0 Å². The molecule has 0 unspecified atom stereocenters. The summed E-state index contributed by atoms with van der Waals surface area (Å²) < 4.78 is 24.5. The van der Waals surface area contributed by atoms with E-state index in [0.29, 0.717) is 11.4 Å². The third kappa shape index (κ3) is 2.86. The van der Waals surface area contributed by atoms with E-state index < -0.39 is 10.0 Å². The molecule has 0 aromatic heterocycles. The molecule has 2 N–H and O–H groups in total. The Hall–Kier alpha value is -1.23. The van der Waals surface area contributed by atoms with Crippen molar-refractivity contribution in [2.24, 2.45) is 0 Å². The maximum Gasteiger partial charge on any atom is 0.232 e. The summed E-state index contributed by atoms with van der Waals surface area (Å²) in [4.78, 5) is 0. The largest absolute Gasteiger partial charge is 0.399 e. The van der Waals surface area contributed by atoms with Crippen LogP contribution in [0.15, 0.2) is 24.3 Å². The van der Waals surface area contributed by atoms with Gasteiger partial charge < -0.3 is 5.73 Å². The van der Waals surface area contributed by atoms with Crippen LogP contribution in [0.2, 0.25) is 0 Å². The summed E-state index contributed by atoms with van der Waals surface area (Å²) in [7, 11) is -3.24. The lowest BCUT2D eigenvalue weighted by molar-refractivity contribution is 0.590. The van der Waals surface area contributed by atoms with Crippen LogP contribution in [0, 0.1) is 0 Å². The lowest BCUT2D eigenvalue weighted by Crippen LogP contribution is -2.36. The average molecular weight is 228 g/mol. The lowest BCUT2D eigenvalue weighted by atomic mass is 10.2. The highest BCUT2D eigenvalue weighted by molar-refractivity contribution is 7.92. The predicted octanol–water partition coefficient (Wildman–Crippen LogP) is 1.44. The topological polar surface area (TPSA) is 63.4 Å². The second-order valence-corrected chi connectivity index (χ2v) is 5.60. The molecule has 0 heterocycles. The van der Waals surface area contributed by atoms with Crippen LogP contribution in [-0.2, 0) is 10.0 Å². The summed E-state index contributed by atoms with van der Waals surface area (Å²) in [5.74, 6) is 0. The first-order valence-electron chi connectivity index (χ1n) is 4.67. The number of hydrogen-bond donors (Lipinski definition) is 1. The van der Waals surface area contributed by atoms with Crippen molar-refractivity contribution < 1.29 is 8.42 Å². The van der Waals surface area contributed by atoms with E-state index >= 15 is 0 Å². The number of benzene rings is 1. The van der Waals surface area contributed by atoms with Crippen molar-refractivity contribution in [3.8, 4) is 0 Å². The minimum Gasteiger partial charge on any atom is -0.399 e. The van der Waals surface area contributed by atoms with Crippen LogP contribution in [0.25, 0.3) is 0 Å². The second-order valence-electron chi connectivity index (χ2n) is 3.74. The van der Waals surface area contributed by atoms with Crippen LogP contribution in [0.4, 0.5) is 11.4 Å². The minimum atomic E-state index is -3.24.